The second kappa shape index (κ2) is 7.92. The zero-order chi connectivity index (χ0) is 19.6. The van der Waals surface area contributed by atoms with E-state index >= 15 is 0 Å². The summed E-state index contributed by atoms with van der Waals surface area (Å²) in [5, 5.41) is 8.44. The van der Waals surface area contributed by atoms with E-state index in [4.69, 9.17) is 20.9 Å². The number of halogens is 1. The number of carbonyl (C=O) groups excluding carboxylic acids is 1. The fourth-order valence-corrected chi connectivity index (χ4v) is 2.83. The zero-order valence-corrected chi connectivity index (χ0v) is 16.4. The molecule has 3 aromatic rings. The summed E-state index contributed by atoms with van der Waals surface area (Å²) in [4.78, 5) is 16.6. The molecule has 0 aliphatic rings. The summed E-state index contributed by atoms with van der Waals surface area (Å²) in [6, 6.07) is 8.04. The van der Waals surface area contributed by atoms with Gasteiger partial charge in [-0.1, -0.05) is 60.4 Å². The fourth-order valence-electron chi connectivity index (χ4n) is 2.52. The minimum Gasteiger partial charge on any atom is -0.452 e. The quantitative estimate of drug-likeness (QED) is 0.592. The maximum Gasteiger partial charge on any atom is 0.343 e. The summed E-state index contributed by atoms with van der Waals surface area (Å²) in [6.07, 6.45) is 0. The molecule has 1 aromatic carbocycles. The Hall–Kier alpha value is -2.67. The van der Waals surface area contributed by atoms with Crippen LogP contribution in [-0.4, -0.2) is 25.9 Å². The molecule has 0 unspecified atom stereocenters. The van der Waals surface area contributed by atoms with Crippen LogP contribution in [0.5, 0.6) is 0 Å². The normalized spacial score (nSPS) is 11.2. The molecule has 0 amide bonds. The highest BCUT2D eigenvalue weighted by molar-refractivity contribution is 6.32. The maximum absolute atomic E-state index is 12.5. The Kier molecular flexibility index (Phi) is 5.60. The lowest BCUT2D eigenvalue weighted by Crippen LogP contribution is -2.07. The van der Waals surface area contributed by atoms with Gasteiger partial charge in [-0.15, -0.1) is 0 Å². The molecule has 0 saturated carbocycles. The van der Waals surface area contributed by atoms with E-state index in [9.17, 15) is 4.79 Å². The van der Waals surface area contributed by atoms with Crippen LogP contribution in [0.1, 0.15) is 58.7 Å². The van der Waals surface area contributed by atoms with Gasteiger partial charge >= 0.3 is 5.97 Å². The van der Waals surface area contributed by atoms with Crippen molar-refractivity contribution in [2.75, 3.05) is 0 Å². The molecule has 8 heteroatoms. The second-order valence-electron chi connectivity index (χ2n) is 6.67. The predicted octanol–water partition coefficient (Wildman–Crippen LogP) is 4.07. The average molecular weight is 389 g/mol. The van der Waals surface area contributed by atoms with Crippen molar-refractivity contribution >= 4 is 17.6 Å². The summed E-state index contributed by atoms with van der Waals surface area (Å²) in [6.45, 7) is 8.00. The molecule has 0 atom stereocenters. The van der Waals surface area contributed by atoms with Crippen LogP contribution in [-0.2, 0) is 17.9 Å². The third-order valence-corrected chi connectivity index (χ3v) is 4.43. The molecule has 0 saturated heterocycles. The number of ether oxygens (including phenoxy) is 1. The first-order chi connectivity index (χ1) is 12.8. The van der Waals surface area contributed by atoms with Gasteiger partial charge < -0.3 is 9.26 Å². The monoisotopic (exact) mass is 388 g/mol. The highest BCUT2D eigenvalue weighted by Crippen LogP contribution is 2.22. The average Bonchev–Trinajstić information content (AvgIpc) is 3.20. The van der Waals surface area contributed by atoms with Gasteiger partial charge in [0.05, 0.1) is 12.2 Å². The van der Waals surface area contributed by atoms with E-state index in [1.54, 1.807) is 11.6 Å². The zero-order valence-electron chi connectivity index (χ0n) is 15.7. The highest BCUT2D eigenvalue weighted by Gasteiger charge is 2.22. The third kappa shape index (κ3) is 4.36. The molecule has 0 aliphatic carbocycles. The molecule has 0 bridgehead atoms. The van der Waals surface area contributed by atoms with Crippen LogP contribution in [0.3, 0.4) is 0 Å². The number of esters is 1. The van der Waals surface area contributed by atoms with Gasteiger partial charge in [-0.2, -0.15) is 10.1 Å². The lowest BCUT2D eigenvalue weighted by molar-refractivity contribution is 0.0429. The molecule has 7 nitrogen and oxygen atoms in total. The Bertz CT molecular complexity index is 945. The largest absolute Gasteiger partial charge is 0.452 e. The van der Waals surface area contributed by atoms with Gasteiger partial charge in [-0.05, 0) is 19.4 Å². The number of aromatic nitrogens is 4. The van der Waals surface area contributed by atoms with Crippen LogP contribution in [0.15, 0.2) is 28.8 Å². The smallest absolute Gasteiger partial charge is 0.343 e. The molecule has 142 valence electrons. The van der Waals surface area contributed by atoms with Crippen LogP contribution in [0.4, 0.5) is 0 Å². The van der Waals surface area contributed by atoms with Crippen LogP contribution < -0.4 is 0 Å². The van der Waals surface area contributed by atoms with Crippen molar-refractivity contribution in [2.45, 2.75) is 46.8 Å². The van der Waals surface area contributed by atoms with Crippen LogP contribution in [0, 0.1) is 13.8 Å². The first-order valence-corrected chi connectivity index (χ1v) is 9.01. The van der Waals surface area contributed by atoms with E-state index in [-0.39, 0.29) is 29.1 Å². The lowest BCUT2D eigenvalue weighted by atomic mass is 10.1. The molecule has 0 fully saturated rings. The molecule has 2 heterocycles. The van der Waals surface area contributed by atoms with Gasteiger partial charge in [0.15, 0.2) is 12.4 Å². The molecule has 0 aliphatic heterocycles. The maximum atomic E-state index is 12.5. The molecular weight excluding hydrogens is 368 g/mol. The fraction of sp³-hybridized carbons (Fsp3) is 0.368. The van der Waals surface area contributed by atoms with Crippen LogP contribution >= 0.6 is 11.6 Å². The summed E-state index contributed by atoms with van der Waals surface area (Å²) in [7, 11) is 0. The van der Waals surface area contributed by atoms with E-state index in [0.29, 0.717) is 18.1 Å². The van der Waals surface area contributed by atoms with Gasteiger partial charge in [-0.25, -0.2) is 9.48 Å². The first-order valence-electron chi connectivity index (χ1n) is 8.63. The molecule has 0 N–H and O–H groups in total. The second-order valence-corrected chi connectivity index (χ2v) is 7.03. The van der Waals surface area contributed by atoms with Crippen molar-refractivity contribution in [1.82, 2.24) is 19.9 Å². The van der Waals surface area contributed by atoms with E-state index < -0.39 is 5.97 Å². The van der Waals surface area contributed by atoms with Gasteiger partial charge in [-0.3, -0.25) is 0 Å². The molecule has 27 heavy (non-hydrogen) atoms. The number of hydrogen-bond donors (Lipinski definition) is 0. The van der Waals surface area contributed by atoms with Gasteiger partial charge in [0.1, 0.15) is 10.7 Å². The Morgan fingerprint density at radius 1 is 1.26 bits per heavy atom. The van der Waals surface area contributed by atoms with Crippen molar-refractivity contribution in [1.29, 1.82) is 0 Å². The van der Waals surface area contributed by atoms with Gasteiger partial charge in [0.2, 0.25) is 0 Å². The third-order valence-electron chi connectivity index (χ3n) is 4.05. The Morgan fingerprint density at radius 2 is 1.96 bits per heavy atom. The van der Waals surface area contributed by atoms with Crippen LogP contribution in [0.25, 0.3) is 0 Å². The van der Waals surface area contributed by atoms with Gasteiger partial charge in [0, 0.05) is 5.92 Å². The number of aryl methyl sites for hydroxylation is 2. The minimum absolute atomic E-state index is 0.114. The minimum atomic E-state index is -0.572. The van der Waals surface area contributed by atoms with Crippen molar-refractivity contribution < 1.29 is 14.1 Å². The Morgan fingerprint density at radius 3 is 2.59 bits per heavy atom. The number of benzene rings is 1. The number of rotatable bonds is 6. The van der Waals surface area contributed by atoms with Crippen molar-refractivity contribution in [3.63, 3.8) is 0 Å². The lowest BCUT2D eigenvalue weighted by Gasteiger charge is -2.05. The molecular formula is C19H21ClN4O3. The van der Waals surface area contributed by atoms with Crippen molar-refractivity contribution in [3.8, 4) is 0 Å². The van der Waals surface area contributed by atoms with Crippen molar-refractivity contribution in [2.24, 2.45) is 0 Å². The molecule has 0 radical (unpaired) electrons. The van der Waals surface area contributed by atoms with E-state index in [0.717, 1.165) is 5.56 Å². The summed E-state index contributed by atoms with van der Waals surface area (Å²) < 4.78 is 11.9. The number of hydrogen-bond acceptors (Lipinski definition) is 6. The molecule has 2 aromatic heterocycles. The highest BCUT2D eigenvalue weighted by atomic mass is 35.5. The topological polar surface area (TPSA) is 83.0 Å². The molecule has 0 spiro atoms. The standard InChI is InChI=1S/C19H21ClN4O3/c1-11(2)18-21-15(27-23-18)10-26-19(25)16-13(4)22-24(17(16)20)9-14-7-5-12(3)6-8-14/h5-8,11H,9-10H2,1-4H3. The van der Waals surface area contributed by atoms with Crippen LogP contribution in [0.2, 0.25) is 5.15 Å². The predicted molar refractivity (Wildman–Crippen MR) is 99.8 cm³/mol. The Labute approximate surface area is 162 Å². The summed E-state index contributed by atoms with van der Waals surface area (Å²) in [5.74, 6) is 0.376. The van der Waals surface area contributed by atoms with E-state index in [1.165, 1.54) is 5.56 Å². The first kappa shape index (κ1) is 19.1. The summed E-state index contributed by atoms with van der Waals surface area (Å²) in [5.41, 5.74) is 2.96. The number of carbonyl (C=O) groups is 1. The van der Waals surface area contributed by atoms with Crippen molar-refractivity contribution in [3.05, 3.63) is 63.5 Å². The van der Waals surface area contributed by atoms with E-state index in [1.807, 2.05) is 45.0 Å². The van der Waals surface area contributed by atoms with E-state index in [2.05, 4.69) is 15.2 Å². The SMILES string of the molecule is Cc1ccc(Cn2nc(C)c(C(=O)OCc3nc(C(C)C)no3)c2Cl)cc1. The summed E-state index contributed by atoms with van der Waals surface area (Å²) >= 11 is 6.38. The Balaban J connectivity index is 1.70. The van der Waals surface area contributed by atoms with Gasteiger partial charge in [0.25, 0.3) is 5.89 Å². The number of nitrogens with zero attached hydrogens (tertiary/aromatic N) is 4. The molecule has 3 rings (SSSR count).